The molecule has 0 saturated carbocycles. The molecule has 0 aliphatic rings. The lowest BCUT2D eigenvalue weighted by molar-refractivity contribution is -0.143. The van der Waals surface area contributed by atoms with Crippen molar-refractivity contribution in [2.24, 2.45) is 34.8 Å². The Morgan fingerprint density at radius 3 is 1.10 bits per heavy atom. The largest absolute Gasteiger partial charge is 0.481 e. The van der Waals surface area contributed by atoms with Crippen LogP contribution in [0.2, 0.25) is 0 Å². The maximum atomic E-state index is 13.3. The molecule has 0 fully saturated rings. The van der Waals surface area contributed by atoms with E-state index in [1.807, 2.05) is 0 Å². The third-order valence-electron chi connectivity index (χ3n) is 6.78. The molecule has 0 bridgehead atoms. The van der Waals surface area contributed by atoms with Crippen LogP contribution < -0.4 is 49.5 Å². The van der Waals surface area contributed by atoms with Gasteiger partial charge in [0, 0.05) is 6.42 Å². The van der Waals surface area contributed by atoms with Crippen LogP contribution in [0, 0.1) is 11.8 Å². The zero-order valence-corrected chi connectivity index (χ0v) is 28.4. The maximum Gasteiger partial charge on any atom is 0.326 e. The molecular weight excluding hydrogens is 666 g/mol. The second-order valence-corrected chi connectivity index (χ2v) is 12.5. The summed E-state index contributed by atoms with van der Waals surface area (Å²) in [4.78, 5) is 123. The van der Waals surface area contributed by atoms with Crippen molar-refractivity contribution in [3.8, 4) is 0 Å². The van der Waals surface area contributed by atoms with E-state index in [9.17, 15) is 53.1 Å². The summed E-state index contributed by atoms with van der Waals surface area (Å²) in [5.41, 5.74) is 21.4. The van der Waals surface area contributed by atoms with E-state index in [0.29, 0.717) is 0 Å². The molecule has 21 nitrogen and oxygen atoms in total. The number of nitrogens with one attached hydrogen (secondary N) is 5. The number of aliphatic carboxylic acids is 2. The lowest BCUT2D eigenvalue weighted by atomic mass is 10.0. The first kappa shape index (κ1) is 44.7. The number of carbonyl (C=O) groups is 10. The van der Waals surface area contributed by atoms with Gasteiger partial charge < -0.3 is 59.7 Å². The predicted octanol–water partition coefficient (Wildman–Crippen LogP) is -4.59. The Morgan fingerprint density at radius 1 is 0.500 bits per heavy atom. The topological polar surface area (TPSA) is 375 Å². The molecule has 0 aromatic carbocycles. The van der Waals surface area contributed by atoms with E-state index in [4.69, 9.17) is 28.0 Å². The minimum Gasteiger partial charge on any atom is -0.481 e. The molecule has 0 aliphatic carbocycles. The van der Waals surface area contributed by atoms with Gasteiger partial charge in [-0.2, -0.15) is 0 Å². The van der Waals surface area contributed by atoms with Crippen molar-refractivity contribution < 1.29 is 58.2 Å². The number of carboxylic acids is 2. The molecule has 0 unspecified atom stereocenters. The molecule has 0 rings (SSSR count). The highest BCUT2D eigenvalue weighted by molar-refractivity contribution is 5.99. The highest BCUT2D eigenvalue weighted by Crippen LogP contribution is 2.09. The van der Waals surface area contributed by atoms with Crippen molar-refractivity contribution >= 4 is 59.2 Å². The third kappa shape index (κ3) is 18.3. The summed E-state index contributed by atoms with van der Waals surface area (Å²) in [5, 5.41) is 29.4. The van der Waals surface area contributed by atoms with Gasteiger partial charge in [-0.3, -0.25) is 43.2 Å². The fourth-order valence-corrected chi connectivity index (χ4v) is 4.41. The number of carbonyl (C=O) groups excluding carboxylic acids is 8. The first-order valence-electron chi connectivity index (χ1n) is 15.6. The normalized spacial score (nSPS) is 14.5. The van der Waals surface area contributed by atoms with Gasteiger partial charge in [-0.1, -0.05) is 27.7 Å². The van der Waals surface area contributed by atoms with Crippen LogP contribution in [0.3, 0.4) is 0 Å². The van der Waals surface area contributed by atoms with Gasteiger partial charge in [0.25, 0.3) is 0 Å². The van der Waals surface area contributed by atoms with Crippen molar-refractivity contribution in [3.05, 3.63) is 0 Å². The van der Waals surface area contributed by atoms with Crippen LogP contribution >= 0.6 is 0 Å². The average Bonchev–Trinajstić information content (AvgIpc) is 2.96. The Balaban J connectivity index is 6.16. The SMILES string of the molecule is CC(C)C[C@H](NC(=O)[C@H](CC(N)=O)NC(=O)[C@H](CC(N)=O)NC(=O)[C@H](CC(N)=O)NC(=O)[C@H](CC(C)C)NC(=O)[C@@H](N)CCC(=O)O)C(=O)O. The lowest BCUT2D eigenvalue weighted by Crippen LogP contribution is -2.60. The van der Waals surface area contributed by atoms with E-state index in [1.54, 1.807) is 27.7 Å². The number of rotatable bonds is 24. The van der Waals surface area contributed by atoms with E-state index >= 15 is 0 Å². The molecule has 0 saturated heterocycles. The van der Waals surface area contributed by atoms with Gasteiger partial charge in [0.1, 0.15) is 30.2 Å². The van der Waals surface area contributed by atoms with Crippen LogP contribution in [0.1, 0.15) is 72.6 Å². The molecule has 0 aromatic heterocycles. The fourth-order valence-electron chi connectivity index (χ4n) is 4.41. The molecule has 0 aliphatic heterocycles. The average molecular weight is 716 g/mol. The number of amides is 8. The number of primary amides is 3. The van der Waals surface area contributed by atoms with E-state index in [1.165, 1.54) is 0 Å². The summed E-state index contributed by atoms with van der Waals surface area (Å²) in [5.74, 6) is -11.7. The zero-order chi connectivity index (χ0) is 38.9. The van der Waals surface area contributed by atoms with Gasteiger partial charge in [0.15, 0.2) is 0 Å². The van der Waals surface area contributed by atoms with Gasteiger partial charge in [-0.05, 0) is 31.1 Å². The van der Waals surface area contributed by atoms with Gasteiger partial charge in [0.05, 0.1) is 25.3 Å². The van der Waals surface area contributed by atoms with Crippen LogP contribution in [0.15, 0.2) is 0 Å². The summed E-state index contributed by atoms with van der Waals surface area (Å²) < 4.78 is 0. The Hall–Kier alpha value is -5.34. The smallest absolute Gasteiger partial charge is 0.326 e. The first-order chi connectivity index (χ1) is 23.0. The Kier molecular flexibility index (Phi) is 19.3. The molecule has 0 heterocycles. The summed E-state index contributed by atoms with van der Waals surface area (Å²) in [7, 11) is 0. The highest BCUT2D eigenvalue weighted by Gasteiger charge is 2.34. The van der Waals surface area contributed by atoms with Crippen LogP contribution in [0.4, 0.5) is 0 Å². The molecular formula is C29H49N9O12. The number of hydrogen-bond acceptors (Lipinski definition) is 11. The van der Waals surface area contributed by atoms with Gasteiger partial charge in [0.2, 0.25) is 47.3 Å². The zero-order valence-electron chi connectivity index (χ0n) is 28.4. The monoisotopic (exact) mass is 715 g/mol. The van der Waals surface area contributed by atoms with Crippen molar-refractivity contribution in [3.63, 3.8) is 0 Å². The van der Waals surface area contributed by atoms with Crippen molar-refractivity contribution in [2.75, 3.05) is 0 Å². The van der Waals surface area contributed by atoms with E-state index in [2.05, 4.69) is 26.6 Å². The van der Waals surface area contributed by atoms with E-state index in [-0.39, 0.29) is 31.1 Å². The van der Waals surface area contributed by atoms with Crippen LogP contribution in [-0.4, -0.2) is 106 Å². The summed E-state index contributed by atoms with van der Waals surface area (Å²) >= 11 is 0. The second kappa shape index (κ2) is 21.6. The van der Waals surface area contributed by atoms with Crippen LogP contribution in [0.25, 0.3) is 0 Å². The van der Waals surface area contributed by atoms with Crippen molar-refractivity contribution in [1.82, 2.24) is 26.6 Å². The van der Waals surface area contributed by atoms with Crippen molar-refractivity contribution in [2.45, 2.75) is 109 Å². The predicted molar refractivity (Wildman–Crippen MR) is 172 cm³/mol. The quantitative estimate of drug-likeness (QED) is 0.0449. The Labute approximate surface area is 287 Å². The highest BCUT2D eigenvalue weighted by atomic mass is 16.4. The second-order valence-electron chi connectivity index (χ2n) is 12.5. The maximum absolute atomic E-state index is 13.3. The van der Waals surface area contributed by atoms with Gasteiger partial charge in [-0.25, -0.2) is 4.79 Å². The van der Waals surface area contributed by atoms with E-state index in [0.717, 1.165) is 0 Å². The van der Waals surface area contributed by atoms with Crippen LogP contribution in [-0.2, 0) is 47.9 Å². The molecule has 0 radical (unpaired) electrons. The summed E-state index contributed by atoms with van der Waals surface area (Å²) in [6.07, 6.45) is -3.20. The molecule has 0 aromatic rings. The minimum atomic E-state index is -1.86. The minimum absolute atomic E-state index is 0.00403. The molecule has 282 valence electrons. The van der Waals surface area contributed by atoms with Crippen LogP contribution in [0.5, 0.6) is 0 Å². The Bertz CT molecular complexity index is 1290. The van der Waals surface area contributed by atoms with Gasteiger partial charge in [-0.15, -0.1) is 0 Å². The number of hydrogen-bond donors (Lipinski definition) is 11. The van der Waals surface area contributed by atoms with E-state index < -0.39 is 121 Å². The first-order valence-corrected chi connectivity index (χ1v) is 15.6. The Morgan fingerprint density at radius 2 is 0.800 bits per heavy atom. The fraction of sp³-hybridized carbons (Fsp3) is 0.655. The summed E-state index contributed by atoms with van der Waals surface area (Å²) in [6.45, 7) is 6.79. The number of carboxylic acid groups (broad SMARTS) is 2. The lowest BCUT2D eigenvalue weighted by Gasteiger charge is -2.27. The molecule has 6 atom stereocenters. The van der Waals surface area contributed by atoms with Crippen molar-refractivity contribution in [1.29, 1.82) is 0 Å². The molecule has 50 heavy (non-hydrogen) atoms. The van der Waals surface area contributed by atoms with Gasteiger partial charge >= 0.3 is 11.9 Å². The molecule has 15 N–H and O–H groups in total. The molecule has 21 heteroatoms. The molecule has 8 amide bonds. The standard InChI is InChI=1S/C29H49N9O12/c1-12(2)7-15(34-24(44)14(30)5-6-23(42)43)25(45)35-16(9-20(31)39)26(46)36-17(10-21(32)40)27(47)37-18(11-22(33)41)28(48)38-19(29(49)50)8-13(3)4/h12-19H,5-11,30H2,1-4H3,(H2,31,39)(H2,32,40)(H2,33,41)(H,34,44)(H,35,45)(H,36,46)(H,37,47)(H,38,48)(H,42,43)(H,49,50)/t14-,15-,16-,17-,18-,19-/m0/s1. The third-order valence-corrected chi connectivity index (χ3v) is 6.78. The number of nitrogens with two attached hydrogens (primary N) is 4. The summed E-state index contributed by atoms with van der Waals surface area (Å²) in [6, 6.07) is -9.43. The molecule has 0 spiro atoms.